The van der Waals surface area contributed by atoms with Gasteiger partial charge in [0.25, 0.3) is 0 Å². The third kappa shape index (κ3) is 2.49. The lowest BCUT2D eigenvalue weighted by molar-refractivity contribution is -0.137. The molecule has 0 radical (unpaired) electrons. The van der Waals surface area contributed by atoms with Crippen molar-refractivity contribution in [3.63, 3.8) is 0 Å². The van der Waals surface area contributed by atoms with Crippen LogP contribution in [0, 0.1) is 0 Å². The zero-order valence-corrected chi connectivity index (χ0v) is 12.1. The molecule has 1 fully saturated rings. The smallest absolute Gasteiger partial charge is 0.368 e. The van der Waals surface area contributed by atoms with Gasteiger partial charge in [-0.1, -0.05) is 0 Å². The summed E-state index contributed by atoms with van der Waals surface area (Å²) in [5.41, 5.74) is 4.54. The summed E-state index contributed by atoms with van der Waals surface area (Å²) >= 11 is 1.40. The van der Waals surface area contributed by atoms with Crippen LogP contribution >= 0.6 is 11.8 Å². The zero-order valence-electron chi connectivity index (χ0n) is 11.3. The third-order valence-electron chi connectivity index (χ3n) is 3.60. The van der Waals surface area contributed by atoms with E-state index < -0.39 is 23.7 Å². The molecule has 2 heterocycles. The second kappa shape index (κ2) is 5.08. The van der Waals surface area contributed by atoms with Gasteiger partial charge in [0.1, 0.15) is 6.54 Å². The maximum Gasteiger partial charge on any atom is 0.416 e. The number of nitrogens with zero attached hydrogens (tertiary/aromatic N) is 2. The Morgan fingerprint density at radius 3 is 2.77 bits per heavy atom. The highest BCUT2D eigenvalue weighted by molar-refractivity contribution is 7.99. The predicted molar refractivity (Wildman–Crippen MR) is 74.6 cm³/mol. The van der Waals surface area contributed by atoms with Crippen LogP contribution in [0.5, 0.6) is 0 Å². The largest absolute Gasteiger partial charge is 0.416 e. The number of fused-ring (bicyclic) bond motifs is 3. The average Bonchev–Trinajstić information content (AvgIpc) is 2.73. The molecule has 118 valence electrons. The summed E-state index contributed by atoms with van der Waals surface area (Å²) in [6.45, 7) is 0.0508. The lowest BCUT2D eigenvalue weighted by atomic mass is 10.1. The summed E-state index contributed by atoms with van der Waals surface area (Å²) in [7, 11) is 0. The molecule has 2 aliphatic heterocycles. The van der Waals surface area contributed by atoms with Gasteiger partial charge in [-0.3, -0.25) is 9.69 Å². The number of carbonyl (C=O) groups excluding carboxylic acids is 2. The number of nitrogens with two attached hydrogens (primary N) is 1. The third-order valence-corrected chi connectivity index (χ3v) is 4.80. The molecule has 22 heavy (non-hydrogen) atoms. The van der Waals surface area contributed by atoms with Crippen molar-refractivity contribution in [1.82, 2.24) is 4.90 Å². The van der Waals surface area contributed by atoms with Crippen molar-refractivity contribution < 1.29 is 22.8 Å². The van der Waals surface area contributed by atoms with E-state index in [2.05, 4.69) is 0 Å². The summed E-state index contributed by atoms with van der Waals surface area (Å²) in [6.07, 6.45) is -4.47. The van der Waals surface area contributed by atoms with Gasteiger partial charge in [-0.2, -0.15) is 13.2 Å². The van der Waals surface area contributed by atoms with Crippen LogP contribution < -0.4 is 10.6 Å². The molecule has 3 rings (SSSR count). The summed E-state index contributed by atoms with van der Waals surface area (Å²) in [5, 5.41) is 0. The topological polar surface area (TPSA) is 66.6 Å². The number of anilines is 1. The standard InChI is InChI=1S/C13H12F3N3O2S/c14-13(15,16)7-1-2-10-9(3-7)19-8(6-22-10)4-18(12(19)21)5-11(17)20/h1-3,8H,4-6H2,(H2,17,20). The average molecular weight is 331 g/mol. The Hall–Kier alpha value is -1.90. The fourth-order valence-electron chi connectivity index (χ4n) is 2.66. The molecular formula is C13H12F3N3O2S. The first kappa shape index (κ1) is 15.0. The van der Waals surface area contributed by atoms with Gasteiger partial charge in [-0.25, -0.2) is 4.79 Å². The van der Waals surface area contributed by atoms with Crippen LogP contribution in [0.2, 0.25) is 0 Å². The summed E-state index contributed by atoms with van der Waals surface area (Å²) in [6, 6.07) is 2.63. The van der Waals surface area contributed by atoms with E-state index in [0.717, 1.165) is 12.1 Å². The number of amides is 3. The molecular weight excluding hydrogens is 319 g/mol. The van der Waals surface area contributed by atoms with Gasteiger partial charge < -0.3 is 10.6 Å². The zero-order chi connectivity index (χ0) is 16.1. The van der Waals surface area contributed by atoms with Crippen LogP contribution in [0.15, 0.2) is 23.1 Å². The number of alkyl halides is 3. The Balaban J connectivity index is 1.97. The normalized spacial score (nSPS) is 20.9. The second-order valence-electron chi connectivity index (χ2n) is 5.14. The molecule has 5 nitrogen and oxygen atoms in total. The Morgan fingerprint density at radius 2 is 2.14 bits per heavy atom. The highest BCUT2D eigenvalue weighted by Gasteiger charge is 2.43. The minimum Gasteiger partial charge on any atom is -0.368 e. The number of rotatable bonds is 2. The van der Waals surface area contributed by atoms with E-state index in [9.17, 15) is 22.8 Å². The molecule has 9 heteroatoms. The SMILES string of the molecule is NC(=O)CN1CC2CSc3ccc(C(F)(F)F)cc3N2C1=O. The molecule has 0 spiro atoms. The second-order valence-corrected chi connectivity index (χ2v) is 6.21. The number of urea groups is 1. The maximum absolute atomic E-state index is 12.9. The first-order valence-electron chi connectivity index (χ1n) is 6.48. The monoisotopic (exact) mass is 331 g/mol. The van der Waals surface area contributed by atoms with Gasteiger partial charge in [-0.15, -0.1) is 11.8 Å². The van der Waals surface area contributed by atoms with Crippen molar-refractivity contribution >= 4 is 29.4 Å². The van der Waals surface area contributed by atoms with Gasteiger partial charge in [0.05, 0.1) is 17.3 Å². The van der Waals surface area contributed by atoms with Crippen molar-refractivity contribution in [2.75, 3.05) is 23.7 Å². The van der Waals surface area contributed by atoms with Crippen molar-refractivity contribution in [3.8, 4) is 0 Å². The van der Waals surface area contributed by atoms with E-state index >= 15 is 0 Å². The molecule has 1 saturated heterocycles. The van der Waals surface area contributed by atoms with Crippen LogP contribution in [-0.4, -0.2) is 41.7 Å². The Morgan fingerprint density at radius 1 is 1.41 bits per heavy atom. The number of primary amides is 1. The maximum atomic E-state index is 12.9. The van der Waals surface area contributed by atoms with Crippen LogP contribution in [-0.2, 0) is 11.0 Å². The highest BCUT2D eigenvalue weighted by Crippen LogP contribution is 2.43. The van der Waals surface area contributed by atoms with Crippen molar-refractivity contribution in [3.05, 3.63) is 23.8 Å². The fraction of sp³-hybridized carbons (Fsp3) is 0.385. The fourth-order valence-corrected chi connectivity index (χ4v) is 3.76. The van der Waals surface area contributed by atoms with Crippen LogP contribution in [0.1, 0.15) is 5.56 Å². The van der Waals surface area contributed by atoms with E-state index in [1.165, 1.54) is 27.6 Å². The van der Waals surface area contributed by atoms with Gasteiger partial charge in [0.2, 0.25) is 5.91 Å². The lowest BCUT2D eigenvalue weighted by Crippen LogP contribution is -2.40. The first-order valence-corrected chi connectivity index (χ1v) is 7.46. The molecule has 0 aromatic heterocycles. The van der Waals surface area contributed by atoms with E-state index in [0.29, 0.717) is 10.6 Å². The minimum atomic E-state index is -4.47. The summed E-state index contributed by atoms with van der Waals surface area (Å²) in [4.78, 5) is 26.6. The van der Waals surface area contributed by atoms with Gasteiger partial charge in [-0.05, 0) is 18.2 Å². The van der Waals surface area contributed by atoms with Crippen LogP contribution in [0.4, 0.5) is 23.7 Å². The molecule has 1 atom stereocenters. The summed E-state index contributed by atoms with van der Waals surface area (Å²) < 4.78 is 38.6. The van der Waals surface area contributed by atoms with Crippen molar-refractivity contribution in [2.24, 2.45) is 5.73 Å². The highest BCUT2D eigenvalue weighted by atomic mass is 32.2. The molecule has 1 aromatic rings. The molecule has 3 amide bonds. The summed E-state index contributed by atoms with van der Waals surface area (Å²) in [5.74, 6) is -0.0792. The molecule has 1 unspecified atom stereocenters. The number of carbonyl (C=O) groups is 2. The number of benzene rings is 1. The Kier molecular flexibility index (Phi) is 3.47. The van der Waals surface area contributed by atoms with Crippen molar-refractivity contribution in [1.29, 1.82) is 0 Å². The quantitative estimate of drug-likeness (QED) is 0.900. The predicted octanol–water partition coefficient (Wildman–Crippen LogP) is 1.91. The molecule has 0 aliphatic carbocycles. The Labute approximate surface area is 128 Å². The van der Waals surface area contributed by atoms with E-state index in [1.54, 1.807) is 0 Å². The lowest BCUT2D eigenvalue weighted by Gasteiger charge is -2.30. The minimum absolute atomic E-state index is 0.231. The number of hydrogen-bond acceptors (Lipinski definition) is 3. The first-order chi connectivity index (χ1) is 10.3. The number of thioether (sulfide) groups is 1. The molecule has 2 N–H and O–H groups in total. The van der Waals surface area contributed by atoms with E-state index in [-0.39, 0.29) is 24.8 Å². The van der Waals surface area contributed by atoms with E-state index in [4.69, 9.17) is 5.73 Å². The molecule has 0 bridgehead atoms. The molecule has 1 aromatic carbocycles. The molecule has 0 saturated carbocycles. The Bertz CT molecular complexity index is 650. The van der Waals surface area contributed by atoms with Crippen LogP contribution in [0.3, 0.4) is 0 Å². The van der Waals surface area contributed by atoms with Crippen molar-refractivity contribution in [2.45, 2.75) is 17.1 Å². The molecule has 2 aliphatic rings. The van der Waals surface area contributed by atoms with Gasteiger partial charge >= 0.3 is 12.2 Å². The van der Waals surface area contributed by atoms with Gasteiger partial charge in [0, 0.05) is 17.2 Å². The number of halogens is 3. The van der Waals surface area contributed by atoms with Crippen LogP contribution in [0.25, 0.3) is 0 Å². The van der Waals surface area contributed by atoms with E-state index in [1.807, 2.05) is 0 Å². The number of hydrogen-bond donors (Lipinski definition) is 1. The van der Waals surface area contributed by atoms with Gasteiger partial charge in [0.15, 0.2) is 0 Å².